The number of ether oxygens (including phenoxy) is 6. The number of benzene rings is 7. The molecule has 4 aromatic heterocycles. The van der Waals surface area contributed by atoms with Gasteiger partial charge in [0, 0.05) is 89.8 Å². The van der Waals surface area contributed by atoms with Crippen molar-refractivity contribution in [3.05, 3.63) is 266 Å². The molecule has 13 nitrogen and oxygen atoms in total. The van der Waals surface area contributed by atoms with E-state index in [1.54, 1.807) is 18.6 Å². The normalized spacial score (nSPS) is 13.7. The molecule has 7 aromatic carbocycles. The van der Waals surface area contributed by atoms with Crippen LogP contribution in [0.2, 0.25) is 0 Å². The van der Waals surface area contributed by atoms with Crippen molar-refractivity contribution < 1.29 is 60.1 Å². The Morgan fingerprint density at radius 1 is 0.456 bits per heavy atom. The molecule has 3 fully saturated rings. The van der Waals surface area contributed by atoms with Crippen LogP contribution in [0.5, 0.6) is 0 Å². The maximum Gasteiger partial charge on any atom is 0.192 e. The molecule has 0 radical (unpaired) electrons. The fourth-order valence-corrected chi connectivity index (χ4v) is 14.8. The third kappa shape index (κ3) is 19.4. The third-order valence-electron chi connectivity index (χ3n) is 14.7. The smallest absolute Gasteiger partial charge is 0.192 e. The van der Waals surface area contributed by atoms with Crippen LogP contribution in [0.1, 0.15) is 54.7 Å². The van der Waals surface area contributed by atoms with Crippen molar-refractivity contribution >= 4 is 85.2 Å². The standard InChI is InChI=1S/C22H22O2P.C14H13NO2.C14H15NO2.C12H11NO.C10H7NO.CH4O.2CH4.BrH/c1-4-10-19(11-5-1)25(18-22-23-16-17-24-22,20-12-6-2-7-13-20)21-14-8-3-9-15-21;1-2-4-13-11(3-1)9-15-10-12(13)5-6-14-16-7-8-17-14;1-2-4-13-12(3-1)11(7-8-15-13)5-6-14-16-9-10-17-14;14-9-3-4-10-7-8-13-12-6-2-1-5-11(10)12;12-7-9-6-11-5-8-3-1-2-4-10(8)9;1-2;;;/h1-15,22H,16-18H2;1-6,9-10,14H,7-8H2;1-4,7-8,14H,5-6,9-10H2;1-2,5-9H,3-4H2;1-7H;2H,1H3;2*1H4;1H/q+1;;;;;;;;/p-1. The zero-order valence-corrected chi connectivity index (χ0v) is 51.6. The quantitative estimate of drug-likeness (QED) is 0.0810. The molecule has 3 aliphatic rings. The van der Waals surface area contributed by atoms with E-state index in [-0.39, 0.29) is 50.7 Å². The number of aromatic nitrogens is 4. The highest BCUT2D eigenvalue weighted by molar-refractivity contribution is 7.95. The third-order valence-corrected chi connectivity index (χ3v) is 19.0. The molecule has 0 saturated carbocycles. The summed E-state index contributed by atoms with van der Waals surface area (Å²) in [5.74, 6) is 0. The Morgan fingerprint density at radius 2 is 0.856 bits per heavy atom. The van der Waals surface area contributed by atoms with Crippen LogP contribution in [-0.2, 0) is 46.1 Å². The van der Waals surface area contributed by atoms with Crippen LogP contribution in [-0.4, -0.2) is 109 Å². The average Bonchev–Trinajstić information content (AvgIpc) is 1.61. The molecule has 15 heteroatoms. The van der Waals surface area contributed by atoms with Crippen LogP contribution in [0.25, 0.3) is 49.4 Å². The van der Waals surface area contributed by atoms with Crippen LogP contribution in [0.15, 0.2) is 243 Å². The SMILES string of the molecule is C.C.C(=CC1OCCO1)c1cncc2ccccc12.CO.O=CCCc1ccnc2ccccc12.O=Cc1cncc2ccccc12.[Br-].c1ccc([P+](CC2OCCO2)(c2ccccc2)c2ccccc2)cc1.c1ccc2c(CCC3OCCO3)ccnc2c1. The molecule has 3 saturated heterocycles. The number of aliphatic hydroxyl groups is 1. The number of halogens is 1. The highest BCUT2D eigenvalue weighted by Gasteiger charge is 2.48. The number of aliphatic hydroxyl groups excluding tert-OH is 1. The molecule has 0 amide bonds. The topological polar surface area (TPSA) is 161 Å². The van der Waals surface area contributed by atoms with Gasteiger partial charge in [-0.1, -0.05) is 160 Å². The fraction of sp³-hybridized carbons (Fsp3) is 0.227. The van der Waals surface area contributed by atoms with Gasteiger partial charge in [-0.3, -0.25) is 24.7 Å². The Bertz CT molecular complexity index is 3770. The summed E-state index contributed by atoms with van der Waals surface area (Å²) >= 11 is 0. The lowest BCUT2D eigenvalue weighted by Crippen LogP contribution is -3.00. The largest absolute Gasteiger partial charge is 1.00 e. The summed E-state index contributed by atoms with van der Waals surface area (Å²) in [5, 5.41) is 17.8. The zero-order valence-electron chi connectivity index (χ0n) is 49.2. The number of carbonyl (C=O) groups is 2. The van der Waals surface area contributed by atoms with E-state index in [1.807, 2.05) is 110 Å². The number of pyridine rings is 4. The van der Waals surface area contributed by atoms with E-state index in [0.29, 0.717) is 38.4 Å². The molecule has 14 rings (SSSR count). The molecule has 3 aliphatic heterocycles. The van der Waals surface area contributed by atoms with Crippen LogP contribution < -0.4 is 32.9 Å². The van der Waals surface area contributed by atoms with Crippen molar-refractivity contribution in [3.63, 3.8) is 0 Å². The first-order chi connectivity index (χ1) is 43.1. The minimum Gasteiger partial charge on any atom is -1.00 e. The Kier molecular flexibility index (Phi) is 30.3. The highest BCUT2D eigenvalue weighted by Crippen LogP contribution is 2.56. The van der Waals surface area contributed by atoms with Crippen molar-refractivity contribution in [2.45, 2.75) is 59.4 Å². The molecule has 0 aliphatic carbocycles. The lowest BCUT2D eigenvalue weighted by atomic mass is 10.0. The lowest BCUT2D eigenvalue weighted by Gasteiger charge is -2.29. The van der Waals surface area contributed by atoms with Crippen molar-refractivity contribution in [3.8, 4) is 0 Å². The monoisotopic (exact) mass is 1290 g/mol. The number of aryl methyl sites for hydroxylation is 2. The summed E-state index contributed by atoms with van der Waals surface area (Å²) in [5.41, 5.74) is 6.29. The number of nitrogens with zero attached hydrogens (tertiary/aromatic N) is 4. The Hall–Kier alpha value is -8.11. The number of rotatable bonds is 14. The second kappa shape index (κ2) is 38.4. The van der Waals surface area contributed by atoms with E-state index in [1.165, 1.54) is 37.8 Å². The van der Waals surface area contributed by atoms with E-state index < -0.39 is 7.26 Å². The molecular weight excluding hydrogens is 1210 g/mol. The maximum atomic E-state index is 10.6. The van der Waals surface area contributed by atoms with Gasteiger partial charge in [0.1, 0.15) is 35.6 Å². The fourth-order valence-electron chi connectivity index (χ4n) is 10.5. The van der Waals surface area contributed by atoms with Gasteiger partial charge in [-0.25, -0.2) is 0 Å². The van der Waals surface area contributed by atoms with Crippen LogP contribution >= 0.6 is 7.26 Å². The molecular formula is C75H80BrN4O9P. The van der Waals surface area contributed by atoms with Gasteiger partial charge >= 0.3 is 0 Å². The number of aldehydes is 2. The summed E-state index contributed by atoms with van der Waals surface area (Å²) in [6, 6.07) is 68.7. The first-order valence-corrected chi connectivity index (χ1v) is 31.1. The van der Waals surface area contributed by atoms with Gasteiger partial charge in [0.25, 0.3) is 0 Å². The number of hydrogen-bond donors (Lipinski definition) is 1. The van der Waals surface area contributed by atoms with Crippen LogP contribution in [0.4, 0.5) is 0 Å². The maximum absolute atomic E-state index is 10.6. The second-order valence-corrected chi connectivity index (χ2v) is 23.6. The summed E-state index contributed by atoms with van der Waals surface area (Å²) in [7, 11) is -0.852. The molecule has 466 valence electrons. The van der Waals surface area contributed by atoms with Crippen molar-refractivity contribution in [2.24, 2.45) is 0 Å². The average molecular weight is 1290 g/mol. The van der Waals surface area contributed by atoms with Gasteiger partial charge in [0.15, 0.2) is 25.2 Å². The van der Waals surface area contributed by atoms with E-state index in [0.717, 1.165) is 96.5 Å². The van der Waals surface area contributed by atoms with Gasteiger partial charge in [-0.2, -0.15) is 0 Å². The molecule has 0 bridgehead atoms. The number of hydrogen-bond acceptors (Lipinski definition) is 13. The van der Waals surface area contributed by atoms with Gasteiger partial charge in [-0.05, 0) is 101 Å². The summed E-state index contributed by atoms with van der Waals surface area (Å²) in [6.45, 7) is 4.15. The zero-order chi connectivity index (χ0) is 60.1. The van der Waals surface area contributed by atoms with Gasteiger partial charge in [0.05, 0.1) is 50.7 Å². The number of fused-ring (bicyclic) bond motifs is 4. The van der Waals surface area contributed by atoms with Gasteiger partial charge in [-0.15, -0.1) is 0 Å². The Morgan fingerprint density at radius 3 is 1.33 bits per heavy atom. The number of para-hydroxylation sites is 2. The molecule has 0 unspecified atom stereocenters. The molecule has 1 N–H and O–H groups in total. The molecule has 0 atom stereocenters. The highest BCUT2D eigenvalue weighted by atomic mass is 79.9. The lowest BCUT2D eigenvalue weighted by molar-refractivity contribution is -0.107. The summed E-state index contributed by atoms with van der Waals surface area (Å²) < 4.78 is 33.4. The Labute approximate surface area is 540 Å². The first-order valence-electron chi connectivity index (χ1n) is 29.2. The molecule has 0 spiro atoms. The van der Waals surface area contributed by atoms with E-state index >= 15 is 0 Å². The summed E-state index contributed by atoms with van der Waals surface area (Å²) in [6.07, 6.45) is 20.2. The predicted molar refractivity (Wildman–Crippen MR) is 363 cm³/mol. The molecule has 90 heavy (non-hydrogen) atoms. The van der Waals surface area contributed by atoms with Gasteiger partial charge in [0.2, 0.25) is 0 Å². The van der Waals surface area contributed by atoms with Crippen molar-refractivity contribution in [1.29, 1.82) is 0 Å². The van der Waals surface area contributed by atoms with Crippen LogP contribution in [0.3, 0.4) is 0 Å². The minimum atomic E-state index is -1.85. The van der Waals surface area contributed by atoms with Crippen molar-refractivity contribution in [1.82, 2.24) is 19.9 Å². The number of carbonyl (C=O) groups excluding carboxylic acids is 2. The van der Waals surface area contributed by atoms with E-state index in [4.69, 9.17) is 33.5 Å². The van der Waals surface area contributed by atoms with Gasteiger partial charge < -0.3 is 55.3 Å². The summed E-state index contributed by atoms with van der Waals surface area (Å²) in [4.78, 5) is 37.7. The second-order valence-electron chi connectivity index (χ2n) is 20.0. The van der Waals surface area contributed by atoms with Crippen molar-refractivity contribution in [2.75, 3.05) is 52.9 Å². The minimum absolute atomic E-state index is 0. The van der Waals surface area contributed by atoms with E-state index in [9.17, 15) is 9.59 Å². The Balaban J connectivity index is 0.000000180. The molecule has 7 heterocycles. The predicted octanol–water partition coefficient (Wildman–Crippen LogP) is 10.8. The van der Waals surface area contributed by atoms with Crippen LogP contribution in [0, 0.1) is 0 Å². The first kappa shape index (κ1) is 71.0. The molecule has 11 aromatic rings. The van der Waals surface area contributed by atoms with E-state index in [2.05, 4.69) is 141 Å².